The Hall–Kier alpha value is -0.570. The third-order valence-electron chi connectivity index (χ3n) is 3.36. The van der Waals surface area contributed by atoms with Crippen molar-refractivity contribution in [1.29, 1.82) is 0 Å². The second-order valence-corrected chi connectivity index (χ2v) is 5.24. The molecule has 0 aliphatic heterocycles. The molecule has 1 aliphatic rings. The highest BCUT2D eigenvalue weighted by molar-refractivity contribution is 6.31. The van der Waals surface area contributed by atoms with Crippen molar-refractivity contribution in [2.45, 2.75) is 25.9 Å². The molecule has 0 spiro atoms. The molecule has 0 saturated heterocycles. The minimum atomic E-state index is -0.484. The van der Waals surface area contributed by atoms with Crippen molar-refractivity contribution >= 4 is 11.6 Å². The molecule has 1 aromatic carbocycles. The first-order chi connectivity index (χ1) is 8.20. The van der Waals surface area contributed by atoms with Crippen LogP contribution >= 0.6 is 11.6 Å². The van der Waals surface area contributed by atoms with Crippen LogP contribution in [-0.4, -0.2) is 29.6 Å². The number of aliphatic hydroxyl groups excluding tert-OH is 1. The lowest BCUT2D eigenvalue weighted by Crippen LogP contribution is -2.30. The zero-order chi connectivity index (χ0) is 12.3. The third-order valence-corrected chi connectivity index (χ3v) is 3.70. The normalized spacial score (nSPS) is 17.4. The van der Waals surface area contributed by atoms with Crippen LogP contribution in [-0.2, 0) is 0 Å². The lowest BCUT2D eigenvalue weighted by atomic mass is 10.1. The van der Waals surface area contributed by atoms with Gasteiger partial charge >= 0.3 is 0 Å². The number of benzene rings is 1. The van der Waals surface area contributed by atoms with Crippen LogP contribution in [0, 0.1) is 5.92 Å². The molecular weight excluding hydrogens is 234 g/mol. The minimum Gasteiger partial charge on any atom is -0.387 e. The van der Waals surface area contributed by atoms with Gasteiger partial charge < -0.3 is 10.0 Å². The molecular formula is C14H20ClNO. The molecule has 2 rings (SSSR count). The molecule has 0 bridgehead atoms. The average Bonchev–Trinajstić information content (AvgIpc) is 3.12. The molecule has 1 saturated carbocycles. The molecule has 3 heteroatoms. The number of likely N-dealkylation sites (N-methyl/N-ethyl adjacent to an activating group) is 1. The molecule has 1 fully saturated rings. The Labute approximate surface area is 108 Å². The van der Waals surface area contributed by atoms with Gasteiger partial charge in [-0.05, 0) is 31.4 Å². The summed E-state index contributed by atoms with van der Waals surface area (Å²) in [5.41, 5.74) is 0.836. The summed E-state index contributed by atoms with van der Waals surface area (Å²) in [5.74, 6) is 0.855. The standard InChI is InChI=1S/C14H20ClNO/c1-2-16(9-11-7-8-11)10-14(17)12-5-3-4-6-13(12)15/h3-6,11,14,17H,2,7-10H2,1H3. The lowest BCUT2D eigenvalue weighted by Gasteiger charge is -2.24. The first-order valence-corrected chi connectivity index (χ1v) is 6.73. The number of hydrogen-bond acceptors (Lipinski definition) is 2. The van der Waals surface area contributed by atoms with Gasteiger partial charge in [-0.2, -0.15) is 0 Å². The largest absolute Gasteiger partial charge is 0.387 e. The number of nitrogens with zero attached hydrogens (tertiary/aromatic N) is 1. The second kappa shape index (κ2) is 5.85. The molecule has 94 valence electrons. The van der Waals surface area contributed by atoms with Crippen LogP contribution in [0.15, 0.2) is 24.3 Å². The van der Waals surface area contributed by atoms with E-state index in [4.69, 9.17) is 11.6 Å². The third kappa shape index (κ3) is 3.70. The Kier molecular flexibility index (Phi) is 4.43. The molecule has 1 aliphatic carbocycles. The van der Waals surface area contributed by atoms with Crippen LogP contribution in [0.2, 0.25) is 5.02 Å². The first kappa shape index (κ1) is 12.9. The van der Waals surface area contributed by atoms with Gasteiger partial charge in [0.2, 0.25) is 0 Å². The fraction of sp³-hybridized carbons (Fsp3) is 0.571. The SMILES string of the molecule is CCN(CC1CC1)CC(O)c1ccccc1Cl. The fourth-order valence-corrected chi connectivity index (χ4v) is 2.35. The summed E-state index contributed by atoms with van der Waals surface area (Å²) in [6.07, 6.45) is 2.21. The first-order valence-electron chi connectivity index (χ1n) is 6.35. The van der Waals surface area contributed by atoms with Gasteiger partial charge in [-0.3, -0.25) is 0 Å². The summed E-state index contributed by atoms with van der Waals surface area (Å²) < 4.78 is 0. The van der Waals surface area contributed by atoms with Crippen molar-refractivity contribution in [3.05, 3.63) is 34.9 Å². The predicted octanol–water partition coefficient (Wildman–Crippen LogP) is 3.11. The van der Waals surface area contributed by atoms with Crippen LogP contribution in [0.1, 0.15) is 31.4 Å². The van der Waals surface area contributed by atoms with Gasteiger partial charge in [0.05, 0.1) is 6.10 Å². The fourth-order valence-electron chi connectivity index (χ4n) is 2.09. The molecule has 0 radical (unpaired) electrons. The molecule has 0 amide bonds. The van der Waals surface area contributed by atoms with Gasteiger partial charge in [-0.25, -0.2) is 0 Å². The smallest absolute Gasteiger partial charge is 0.0931 e. The van der Waals surface area contributed by atoms with Crippen molar-refractivity contribution in [3.63, 3.8) is 0 Å². The lowest BCUT2D eigenvalue weighted by molar-refractivity contribution is 0.113. The van der Waals surface area contributed by atoms with Gasteiger partial charge in [-0.1, -0.05) is 36.7 Å². The molecule has 0 heterocycles. The maximum absolute atomic E-state index is 10.2. The number of hydrogen-bond donors (Lipinski definition) is 1. The minimum absolute atomic E-state index is 0.484. The zero-order valence-electron chi connectivity index (χ0n) is 10.3. The summed E-state index contributed by atoms with van der Waals surface area (Å²) in [4.78, 5) is 2.31. The Bertz CT molecular complexity index is 365. The van der Waals surface area contributed by atoms with E-state index in [9.17, 15) is 5.11 Å². The Morgan fingerprint density at radius 2 is 2.12 bits per heavy atom. The van der Waals surface area contributed by atoms with Gasteiger partial charge in [0.25, 0.3) is 0 Å². The summed E-state index contributed by atoms with van der Waals surface area (Å²) >= 11 is 6.09. The summed E-state index contributed by atoms with van der Waals surface area (Å²) in [6, 6.07) is 7.54. The Balaban J connectivity index is 1.94. The van der Waals surface area contributed by atoms with Gasteiger partial charge in [0.15, 0.2) is 0 Å². The molecule has 1 N–H and O–H groups in total. The van der Waals surface area contributed by atoms with Crippen LogP contribution in [0.4, 0.5) is 0 Å². The maximum atomic E-state index is 10.2. The highest BCUT2D eigenvalue weighted by atomic mass is 35.5. The number of rotatable bonds is 6. The highest BCUT2D eigenvalue weighted by Crippen LogP contribution is 2.30. The Morgan fingerprint density at radius 1 is 1.41 bits per heavy atom. The Morgan fingerprint density at radius 3 is 2.71 bits per heavy atom. The molecule has 17 heavy (non-hydrogen) atoms. The molecule has 2 nitrogen and oxygen atoms in total. The quantitative estimate of drug-likeness (QED) is 0.842. The van der Waals surface area contributed by atoms with E-state index in [1.807, 2.05) is 24.3 Å². The van der Waals surface area contributed by atoms with Crippen molar-refractivity contribution in [2.24, 2.45) is 5.92 Å². The van der Waals surface area contributed by atoms with Crippen LogP contribution < -0.4 is 0 Å². The van der Waals surface area contributed by atoms with Gasteiger partial charge in [0.1, 0.15) is 0 Å². The summed E-state index contributed by atoms with van der Waals surface area (Å²) in [5, 5.41) is 10.9. The van der Waals surface area contributed by atoms with E-state index < -0.39 is 6.10 Å². The second-order valence-electron chi connectivity index (χ2n) is 4.83. The molecule has 1 unspecified atom stereocenters. The van der Waals surface area contributed by atoms with E-state index in [-0.39, 0.29) is 0 Å². The van der Waals surface area contributed by atoms with E-state index in [2.05, 4.69) is 11.8 Å². The van der Waals surface area contributed by atoms with Crippen LogP contribution in [0.25, 0.3) is 0 Å². The molecule has 1 aromatic rings. The zero-order valence-corrected chi connectivity index (χ0v) is 11.0. The van der Waals surface area contributed by atoms with Crippen molar-refractivity contribution < 1.29 is 5.11 Å². The van der Waals surface area contributed by atoms with E-state index in [0.717, 1.165) is 24.6 Å². The van der Waals surface area contributed by atoms with Gasteiger partial charge in [0, 0.05) is 23.7 Å². The summed E-state index contributed by atoms with van der Waals surface area (Å²) in [7, 11) is 0. The summed E-state index contributed by atoms with van der Waals surface area (Å²) in [6.45, 7) is 4.91. The maximum Gasteiger partial charge on any atom is 0.0931 e. The van der Waals surface area contributed by atoms with Crippen molar-refractivity contribution in [1.82, 2.24) is 4.90 Å². The van der Waals surface area contributed by atoms with Crippen LogP contribution in [0.5, 0.6) is 0 Å². The van der Waals surface area contributed by atoms with E-state index in [0.29, 0.717) is 11.6 Å². The topological polar surface area (TPSA) is 23.5 Å². The predicted molar refractivity (Wildman–Crippen MR) is 71.2 cm³/mol. The van der Waals surface area contributed by atoms with E-state index >= 15 is 0 Å². The monoisotopic (exact) mass is 253 g/mol. The molecule has 1 atom stereocenters. The number of aliphatic hydroxyl groups is 1. The van der Waals surface area contributed by atoms with Crippen molar-refractivity contribution in [2.75, 3.05) is 19.6 Å². The van der Waals surface area contributed by atoms with E-state index in [1.165, 1.54) is 12.8 Å². The number of halogens is 1. The van der Waals surface area contributed by atoms with Crippen molar-refractivity contribution in [3.8, 4) is 0 Å². The average molecular weight is 254 g/mol. The highest BCUT2D eigenvalue weighted by Gasteiger charge is 2.25. The van der Waals surface area contributed by atoms with E-state index in [1.54, 1.807) is 0 Å². The molecule has 0 aromatic heterocycles. The van der Waals surface area contributed by atoms with Crippen LogP contribution in [0.3, 0.4) is 0 Å². The van der Waals surface area contributed by atoms with Gasteiger partial charge in [-0.15, -0.1) is 0 Å².